The molecule has 0 heterocycles. The molecule has 25 heavy (non-hydrogen) atoms. The van der Waals surface area contributed by atoms with Crippen LogP contribution in [0.1, 0.15) is 30.1 Å². The molecule has 2 aromatic carbocycles. The van der Waals surface area contributed by atoms with Crippen molar-refractivity contribution in [1.29, 1.82) is 0 Å². The summed E-state index contributed by atoms with van der Waals surface area (Å²) in [4.78, 5) is 25.8. The first-order valence-electron chi connectivity index (χ1n) is 8.16. The van der Waals surface area contributed by atoms with Crippen LogP contribution >= 0.6 is 23.4 Å². The second-order valence-electron chi connectivity index (χ2n) is 6.00. The SMILES string of the molecule is CC(Sc1ccc(Cl)cc1)C(=O)Nc1ccccc1C(=O)NC1CC1. The van der Waals surface area contributed by atoms with E-state index in [1.54, 1.807) is 36.4 Å². The zero-order valence-electron chi connectivity index (χ0n) is 13.8. The fourth-order valence-corrected chi connectivity index (χ4v) is 3.28. The van der Waals surface area contributed by atoms with Crippen molar-refractivity contribution in [2.75, 3.05) is 5.32 Å². The minimum Gasteiger partial charge on any atom is -0.349 e. The summed E-state index contributed by atoms with van der Waals surface area (Å²) in [6.07, 6.45) is 2.05. The molecule has 2 N–H and O–H groups in total. The number of carbonyl (C=O) groups excluding carboxylic acids is 2. The van der Waals surface area contributed by atoms with E-state index in [-0.39, 0.29) is 23.1 Å². The van der Waals surface area contributed by atoms with Gasteiger partial charge >= 0.3 is 0 Å². The van der Waals surface area contributed by atoms with Gasteiger partial charge in [-0.1, -0.05) is 23.7 Å². The molecule has 0 aromatic heterocycles. The van der Waals surface area contributed by atoms with Gasteiger partial charge in [-0.15, -0.1) is 11.8 Å². The van der Waals surface area contributed by atoms with Crippen LogP contribution in [0.15, 0.2) is 53.4 Å². The largest absolute Gasteiger partial charge is 0.349 e. The number of hydrogen-bond acceptors (Lipinski definition) is 3. The zero-order chi connectivity index (χ0) is 17.8. The van der Waals surface area contributed by atoms with E-state index in [0.717, 1.165) is 17.7 Å². The number of anilines is 1. The lowest BCUT2D eigenvalue weighted by Crippen LogP contribution is -2.28. The number of rotatable bonds is 6. The lowest BCUT2D eigenvalue weighted by Gasteiger charge is -2.15. The number of carbonyl (C=O) groups is 2. The third-order valence-corrected chi connectivity index (χ3v) is 5.20. The predicted octanol–water partition coefficient (Wildman–Crippen LogP) is 4.35. The smallest absolute Gasteiger partial charge is 0.253 e. The van der Waals surface area contributed by atoms with E-state index in [1.807, 2.05) is 19.1 Å². The maximum atomic E-state index is 12.5. The van der Waals surface area contributed by atoms with Crippen LogP contribution in [0.5, 0.6) is 0 Å². The summed E-state index contributed by atoms with van der Waals surface area (Å²) in [7, 11) is 0. The van der Waals surface area contributed by atoms with Crippen molar-refractivity contribution in [2.45, 2.75) is 36.0 Å². The Balaban J connectivity index is 1.65. The van der Waals surface area contributed by atoms with Crippen LogP contribution in [-0.4, -0.2) is 23.1 Å². The Hall–Kier alpha value is -1.98. The number of thioether (sulfide) groups is 1. The van der Waals surface area contributed by atoms with Crippen molar-refractivity contribution in [2.24, 2.45) is 0 Å². The topological polar surface area (TPSA) is 58.2 Å². The van der Waals surface area contributed by atoms with Gasteiger partial charge in [-0.2, -0.15) is 0 Å². The monoisotopic (exact) mass is 374 g/mol. The number of benzene rings is 2. The van der Waals surface area contributed by atoms with Gasteiger partial charge < -0.3 is 10.6 Å². The molecule has 1 atom stereocenters. The van der Waals surface area contributed by atoms with E-state index in [2.05, 4.69) is 10.6 Å². The van der Waals surface area contributed by atoms with Gasteiger partial charge in [0, 0.05) is 16.0 Å². The summed E-state index contributed by atoms with van der Waals surface area (Å²) in [6.45, 7) is 1.83. The van der Waals surface area contributed by atoms with Crippen molar-refractivity contribution in [1.82, 2.24) is 5.32 Å². The minimum atomic E-state index is -0.305. The Bertz CT molecular complexity index is 775. The molecule has 1 unspecified atom stereocenters. The Labute approximate surface area is 156 Å². The maximum absolute atomic E-state index is 12.5. The standard InChI is InChI=1S/C19H19ClN2O2S/c1-12(25-15-10-6-13(20)7-11-15)18(23)22-17-5-3-2-4-16(17)19(24)21-14-8-9-14/h2-7,10-12,14H,8-9H2,1H3,(H,21,24)(H,22,23). The summed E-state index contributed by atoms with van der Waals surface area (Å²) >= 11 is 7.32. The van der Waals surface area contributed by atoms with Crippen molar-refractivity contribution in [3.63, 3.8) is 0 Å². The highest BCUT2D eigenvalue weighted by Gasteiger charge is 2.25. The highest BCUT2D eigenvalue weighted by Crippen LogP contribution is 2.26. The number of para-hydroxylation sites is 1. The summed E-state index contributed by atoms with van der Waals surface area (Å²) in [6, 6.07) is 14.7. The van der Waals surface area contributed by atoms with Crippen LogP contribution in [0.25, 0.3) is 0 Å². The van der Waals surface area contributed by atoms with Crippen molar-refractivity contribution in [3.05, 3.63) is 59.1 Å². The van der Waals surface area contributed by atoms with Gasteiger partial charge in [-0.05, 0) is 56.2 Å². The molecule has 0 radical (unpaired) electrons. The van der Waals surface area contributed by atoms with E-state index in [0.29, 0.717) is 16.3 Å². The van der Waals surface area contributed by atoms with E-state index >= 15 is 0 Å². The highest BCUT2D eigenvalue weighted by molar-refractivity contribution is 8.00. The Kier molecular flexibility index (Phi) is 5.66. The van der Waals surface area contributed by atoms with E-state index in [9.17, 15) is 9.59 Å². The van der Waals surface area contributed by atoms with Gasteiger partial charge in [0.1, 0.15) is 0 Å². The van der Waals surface area contributed by atoms with Crippen LogP contribution in [0.4, 0.5) is 5.69 Å². The van der Waals surface area contributed by atoms with Gasteiger partial charge in [-0.25, -0.2) is 0 Å². The third-order valence-electron chi connectivity index (χ3n) is 3.84. The van der Waals surface area contributed by atoms with Crippen LogP contribution in [0, 0.1) is 0 Å². The molecule has 0 bridgehead atoms. The zero-order valence-corrected chi connectivity index (χ0v) is 15.4. The molecule has 2 aromatic rings. The van der Waals surface area contributed by atoms with Gasteiger partial charge in [0.15, 0.2) is 0 Å². The lowest BCUT2D eigenvalue weighted by atomic mass is 10.1. The first-order chi connectivity index (χ1) is 12.0. The Morgan fingerprint density at radius 2 is 1.80 bits per heavy atom. The maximum Gasteiger partial charge on any atom is 0.253 e. The van der Waals surface area contributed by atoms with E-state index in [4.69, 9.17) is 11.6 Å². The molecule has 0 saturated heterocycles. The van der Waals surface area contributed by atoms with Gasteiger partial charge in [0.05, 0.1) is 16.5 Å². The highest BCUT2D eigenvalue weighted by atomic mass is 35.5. The average Bonchev–Trinajstić information content (AvgIpc) is 3.41. The van der Waals surface area contributed by atoms with Gasteiger partial charge in [-0.3, -0.25) is 9.59 Å². The molecule has 1 saturated carbocycles. The number of nitrogens with one attached hydrogen (secondary N) is 2. The van der Waals surface area contributed by atoms with E-state index in [1.165, 1.54) is 11.8 Å². The predicted molar refractivity (Wildman–Crippen MR) is 102 cm³/mol. The van der Waals surface area contributed by atoms with Crippen LogP contribution in [0.3, 0.4) is 0 Å². The molecule has 3 rings (SSSR count). The van der Waals surface area contributed by atoms with Gasteiger partial charge in [0.25, 0.3) is 5.91 Å². The summed E-state index contributed by atoms with van der Waals surface area (Å²) in [5, 5.41) is 6.18. The van der Waals surface area contributed by atoms with Crippen molar-refractivity contribution >= 4 is 40.9 Å². The lowest BCUT2D eigenvalue weighted by molar-refractivity contribution is -0.115. The molecule has 1 fully saturated rings. The van der Waals surface area contributed by atoms with E-state index < -0.39 is 0 Å². The fraction of sp³-hybridized carbons (Fsp3) is 0.263. The third kappa shape index (κ3) is 5.00. The normalized spacial score (nSPS) is 14.6. The summed E-state index contributed by atoms with van der Waals surface area (Å²) in [5.41, 5.74) is 1.03. The summed E-state index contributed by atoms with van der Waals surface area (Å²) < 4.78 is 0. The van der Waals surface area contributed by atoms with Crippen molar-refractivity contribution < 1.29 is 9.59 Å². The molecule has 2 amide bonds. The Morgan fingerprint density at radius 3 is 2.48 bits per heavy atom. The second kappa shape index (κ2) is 7.93. The molecule has 1 aliphatic carbocycles. The average molecular weight is 375 g/mol. The number of hydrogen-bond donors (Lipinski definition) is 2. The molecule has 0 aliphatic heterocycles. The molecule has 0 spiro atoms. The molecule has 1 aliphatic rings. The first-order valence-corrected chi connectivity index (χ1v) is 9.41. The molecule has 130 valence electrons. The van der Waals surface area contributed by atoms with Crippen molar-refractivity contribution in [3.8, 4) is 0 Å². The quantitative estimate of drug-likeness (QED) is 0.739. The molecular formula is C19H19ClN2O2S. The summed E-state index contributed by atoms with van der Waals surface area (Å²) in [5.74, 6) is -0.289. The first kappa shape index (κ1) is 17.8. The molecular weight excluding hydrogens is 356 g/mol. The minimum absolute atomic E-state index is 0.142. The van der Waals surface area contributed by atoms with Gasteiger partial charge in [0.2, 0.25) is 5.91 Å². The number of amides is 2. The fourth-order valence-electron chi connectivity index (χ4n) is 2.29. The van der Waals surface area contributed by atoms with Crippen LogP contribution < -0.4 is 10.6 Å². The van der Waals surface area contributed by atoms with Crippen LogP contribution in [-0.2, 0) is 4.79 Å². The molecule has 6 heteroatoms. The Morgan fingerprint density at radius 1 is 1.12 bits per heavy atom. The van der Waals surface area contributed by atoms with Crippen LogP contribution in [0.2, 0.25) is 5.02 Å². The molecule has 4 nitrogen and oxygen atoms in total. The second-order valence-corrected chi connectivity index (χ2v) is 7.85. The number of halogens is 1.